The number of hydrazine groups is 1. The summed E-state index contributed by atoms with van der Waals surface area (Å²) in [5.74, 6) is -0.204. The highest BCUT2D eigenvalue weighted by molar-refractivity contribution is 14.1. The summed E-state index contributed by atoms with van der Waals surface area (Å²) in [5, 5.41) is 9.48. The van der Waals surface area contributed by atoms with Crippen LogP contribution in [0.2, 0.25) is 10.0 Å². The standard InChI is InChI=1S/C24H19Cl2IN4O/c25-17-7-10-22(19(26)13-17)31-23(16-5-8-18(27)9-6-16)14-20(28-31)24(32)29-30-12-11-15-3-1-2-4-21(15)30/h1-10,13,23H,11-12,14H2,(H,29,32). The van der Waals surface area contributed by atoms with Crippen LogP contribution in [0.15, 0.2) is 71.8 Å². The summed E-state index contributed by atoms with van der Waals surface area (Å²) in [7, 11) is 0. The van der Waals surface area contributed by atoms with Gasteiger partial charge in [0.2, 0.25) is 0 Å². The highest BCUT2D eigenvalue weighted by Crippen LogP contribution is 2.40. The Morgan fingerprint density at radius 1 is 1.03 bits per heavy atom. The Hall–Kier alpha value is -2.29. The third-order valence-corrected chi connectivity index (χ3v) is 6.96. The molecule has 1 atom stereocenters. The fourth-order valence-electron chi connectivity index (χ4n) is 4.12. The predicted octanol–water partition coefficient (Wildman–Crippen LogP) is 6.00. The molecule has 32 heavy (non-hydrogen) atoms. The number of nitrogens with zero attached hydrogens (tertiary/aromatic N) is 3. The summed E-state index contributed by atoms with van der Waals surface area (Å²) in [6.07, 6.45) is 1.38. The Labute approximate surface area is 210 Å². The first-order valence-electron chi connectivity index (χ1n) is 10.2. The van der Waals surface area contributed by atoms with Gasteiger partial charge in [0.05, 0.1) is 22.4 Å². The largest absolute Gasteiger partial charge is 0.286 e. The summed E-state index contributed by atoms with van der Waals surface area (Å²) < 4.78 is 1.15. The molecule has 0 aromatic heterocycles. The maximum atomic E-state index is 13.2. The van der Waals surface area contributed by atoms with Crippen LogP contribution in [0, 0.1) is 3.57 Å². The van der Waals surface area contributed by atoms with E-state index in [1.807, 2.05) is 34.3 Å². The molecule has 0 spiro atoms. The van der Waals surface area contributed by atoms with E-state index in [0.29, 0.717) is 27.9 Å². The molecular formula is C24H19Cl2IN4O. The van der Waals surface area contributed by atoms with Gasteiger partial charge in [-0.1, -0.05) is 53.5 Å². The minimum atomic E-state index is -0.204. The molecule has 0 saturated heterocycles. The van der Waals surface area contributed by atoms with E-state index in [0.717, 1.165) is 27.8 Å². The van der Waals surface area contributed by atoms with Gasteiger partial charge in [0.15, 0.2) is 0 Å². The number of nitrogens with one attached hydrogen (secondary N) is 1. The molecule has 8 heteroatoms. The quantitative estimate of drug-likeness (QED) is 0.388. The van der Waals surface area contributed by atoms with E-state index < -0.39 is 0 Å². The van der Waals surface area contributed by atoms with E-state index in [-0.39, 0.29) is 11.9 Å². The number of halogens is 3. The molecule has 1 amide bonds. The van der Waals surface area contributed by atoms with Crippen molar-refractivity contribution in [2.75, 3.05) is 16.6 Å². The Kier molecular flexibility index (Phi) is 6.01. The SMILES string of the molecule is O=C(NN1CCc2ccccc21)C1=NN(c2ccc(Cl)cc2Cl)C(c2ccc(I)cc2)C1. The van der Waals surface area contributed by atoms with Crippen LogP contribution < -0.4 is 15.4 Å². The molecule has 162 valence electrons. The Morgan fingerprint density at radius 2 is 1.81 bits per heavy atom. The molecule has 3 aromatic rings. The number of para-hydroxylation sites is 1. The lowest BCUT2D eigenvalue weighted by Gasteiger charge is -2.25. The molecule has 0 bridgehead atoms. The predicted molar refractivity (Wildman–Crippen MR) is 139 cm³/mol. The first kappa shape index (κ1) is 21.6. The van der Waals surface area contributed by atoms with Crippen molar-refractivity contribution in [1.29, 1.82) is 0 Å². The van der Waals surface area contributed by atoms with Crippen LogP contribution in [-0.2, 0) is 11.2 Å². The molecule has 0 saturated carbocycles. The number of benzene rings is 3. The smallest absolute Gasteiger partial charge is 0.285 e. The molecule has 2 aliphatic heterocycles. The van der Waals surface area contributed by atoms with Crippen molar-refractivity contribution in [2.45, 2.75) is 18.9 Å². The number of fused-ring (bicyclic) bond motifs is 1. The van der Waals surface area contributed by atoms with Crippen LogP contribution in [0.4, 0.5) is 11.4 Å². The van der Waals surface area contributed by atoms with Crippen LogP contribution >= 0.6 is 45.8 Å². The summed E-state index contributed by atoms with van der Waals surface area (Å²) >= 11 is 14.9. The zero-order chi connectivity index (χ0) is 22.2. The molecule has 5 rings (SSSR count). The van der Waals surface area contributed by atoms with Gasteiger partial charge in [-0.2, -0.15) is 5.10 Å². The van der Waals surface area contributed by atoms with Crippen molar-refractivity contribution < 1.29 is 4.79 Å². The fourth-order valence-corrected chi connectivity index (χ4v) is 4.98. The zero-order valence-corrected chi connectivity index (χ0v) is 20.6. The van der Waals surface area contributed by atoms with Crippen molar-refractivity contribution in [3.8, 4) is 0 Å². The summed E-state index contributed by atoms with van der Waals surface area (Å²) in [6.45, 7) is 0.742. The van der Waals surface area contributed by atoms with Gasteiger partial charge in [0.1, 0.15) is 5.71 Å². The lowest BCUT2D eigenvalue weighted by molar-refractivity contribution is -0.115. The van der Waals surface area contributed by atoms with Gasteiger partial charge in [-0.3, -0.25) is 20.2 Å². The van der Waals surface area contributed by atoms with Gasteiger partial charge in [-0.15, -0.1) is 0 Å². The molecule has 0 radical (unpaired) electrons. The van der Waals surface area contributed by atoms with Crippen LogP contribution in [-0.4, -0.2) is 18.2 Å². The van der Waals surface area contributed by atoms with E-state index in [1.165, 1.54) is 5.56 Å². The summed E-state index contributed by atoms with van der Waals surface area (Å²) in [5.41, 5.74) is 7.54. The van der Waals surface area contributed by atoms with E-state index in [1.54, 1.807) is 12.1 Å². The minimum Gasteiger partial charge on any atom is -0.285 e. The number of hydrazone groups is 1. The molecule has 1 unspecified atom stereocenters. The van der Waals surface area contributed by atoms with E-state index in [4.69, 9.17) is 28.3 Å². The molecular weight excluding hydrogens is 558 g/mol. The first-order chi connectivity index (χ1) is 15.5. The Morgan fingerprint density at radius 3 is 2.59 bits per heavy atom. The number of hydrogen-bond donors (Lipinski definition) is 1. The normalized spacial score (nSPS) is 17.3. The first-order valence-corrected chi connectivity index (χ1v) is 12.1. The van der Waals surface area contributed by atoms with Gasteiger partial charge in [0, 0.05) is 21.6 Å². The van der Waals surface area contributed by atoms with Gasteiger partial charge in [-0.25, -0.2) is 0 Å². The van der Waals surface area contributed by atoms with Gasteiger partial charge < -0.3 is 0 Å². The third-order valence-electron chi connectivity index (χ3n) is 5.71. The van der Waals surface area contributed by atoms with E-state index >= 15 is 0 Å². The molecule has 1 N–H and O–H groups in total. The maximum absolute atomic E-state index is 13.2. The Bertz CT molecular complexity index is 1210. The minimum absolute atomic E-state index is 0.141. The van der Waals surface area contributed by atoms with Crippen molar-refractivity contribution in [2.24, 2.45) is 5.10 Å². The molecule has 2 heterocycles. The van der Waals surface area contributed by atoms with Crippen molar-refractivity contribution in [3.63, 3.8) is 0 Å². The second-order valence-corrected chi connectivity index (χ2v) is 9.82. The van der Waals surface area contributed by atoms with E-state index in [9.17, 15) is 4.79 Å². The van der Waals surface area contributed by atoms with Gasteiger partial charge in [-0.05, 0) is 76.5 Å². The van der Waals surface area contributed by atoms with Crippen LogP contribution in [0.1, 0.15) is 23.6 Å². The van der Waals surface area contributed by atoms with Crippen molar-refractivity contribution in [1.82, 2.24) is 5.43 Å². The van der Waals surface area contributed by atoms with Crippen molar-refractivity contribution in [3.05, 3.63) is 91.5 Å². The highest BCUT2D eigenvalue weighted by Gasteiger charge is 2.34. The molecule has 0 aliphatic carbocycles. The Balaban J connectivity index is 1.44. The molecule has 3 aromatic carbocycles. The van der Waals surface area contributed by atoms with Crippen LogP contribution in [0.25, 0.3) is 0 Å². The average Bonchev–Trinajstić information content (AvgIpc) is 3.39. The van der Waals surface area contributed by atoms with Gasteiger partial charge >= 0.3 is 0 Å². The molecule has 2 aliphatic rings. The molecule has 0 fully saturated rings. The van der Waals surface area contributed by atoms with Gasteiger partial charge in [0.25, 0.3) is 5.91 Å². The number of amides is 1. The second kappa shape index (κ2) is 8.92. The highest BCUT2D eigenvalue weighted by atomic mass is 127. The topological polar surface area (TPSA) is 47.9 Å². The number of anilines is 2. The third kappa shape index (κ3) is 4.19. The van der Waals surface area contributed by atoms with Crippen LogP contribution in [0.5, 0.6) is 0 Å². The number of carbonyl (C=O) groups is 1. The number of rotatable bonds is 4. The monoisotopic (exact) mass is 576 g/mol. The molecule has 5 nitrogen and oxygen atoms in total. The zero-order valence-electron chi connectivity index (χ0n) is 16.9. The van der Waals surface area contributed by atoms with Crippen LogP contribution in [0.3, 0.4) is 0 Å². The average molecular weight is 577 g/mol. The maximum Gasteiger partial charge on any atom is 0.286 e. The lowest BCUT2D eigenvalue weighted by Crippen LogP contribution is -2.44. The number of carbonyl (C=O) groups excluding carboxylic acids is 1. The summed E-state index contributed by atoms with van der Waals surface area (Å²) in [4.78, 5) is 13.2. The lowest BCUT2D eigenvalue weighted by atomic mass is 10.0. The second-order valence-electron chi connectivity index (χ2n) is 7.73. The fraction of sp³-hybridized carbons (Fsp3) is 0.167. The van der Waals surface area contributed by atoms with E-state index in [2.05, 4.69) is 58.3 Å². The van der Waals surface area contributed by atoms with Crippen molar-refractivity contribution >= 4 is 68.8 Å². The summed E-state index contributed by atoms with van der Waals surface area (Å²) in [6, 6.07) is 21.5. The number of hydrogen-bond acceptors (Lipinski definition) is 4.